The number of anilines is 1. The lowest BCUT2D eigenvalue weighted by atomic mass is 9.97. The van der Waals surface area contributed by atoms with E-state index in [-0.39, 0.29) is 17.7 Å². The molecule has 124 valence electrons. The number of hydrogen-bond acceptors (Lipinski definition) is 2. The Bertz CT molecular complexity index is 587. The number of likely N-dealkylation sites (tertiary alicyclic amines) is 1. The average molecular weight is 335 g/mol. The molecule has 4 nitrogen and oxygen atoms in total. The molecule has 0 spiro atoms. The number of nitrogens with zero attached hydrogens (tertiary/aromatic N) is 2. The summed E-state index contributed by atoms with van der Waals surface area (Å²) in [5, 5.41) is 0.645. The number of carbonyl (C=O) groups excluding carboxylic acids is 2. The Morgan fingerprint density at radius 2 is 2.00 bits per heavy atom. The summed E-state index contributed by atoms with van der Waals surface area (Å²) in [5.41, 5.74) is 0.820. The van der Waals surface area contributed by atoms with Crippen molar-refractivity contribution < 1.29 is 9.59 Å². The second-order valence-electron chi connectivity index (χ2n) is 6.47. The van der Waals surface area contributed by atoms with Gasteiger partial charge in [0.05, 0.1) is 5.92 Å². The molecule has 0 radical (unpaired) electrons. The van der Waals surface area contributed by atoms with Gasteiger partial charge in [0, 0.05) is 36.3 Å². The Balaban J connectivity index is 1.71. The van der Waals surface area contributed by atoms with Crippen LogP contribution in [0, 0.1) is 5.92 Å². The summed E-state index contributed by atoms with van der Waals surface area (Å²) < 4.78 is 0. The van der Waals surface area contributed by atoms with E-state index in [4.69, 9.17) is 11.6 Å². The fourth-order valence-electron chi connectivity index (χ4n) is 3.69. The molecule has 2 aliphatic rings. The Morgan fingerprint density at radius 3 is 2.70 bits per heavy atom. The molecule has 0 bridgehead atoms. The highest BCUT2D eigenvalue weighted by molar-refractivity contribution is 6.30. The molecule has 2 fully saturated rings. The maximum Gasteiger partial charge on any atom is 0.228 e. The van der Waals surface area contributed by atoms with Crippen LogP contribution >= 0.6 is 11.6 Å². The average Bonchev–Trinajstić information content (AvgIpc) is 2.96. The highest BCUT2D eigenvalue weighted by atomic mass is 35.5. The molecule has 0 saturated carbocycles. The molecule has 2 atom stereocenters. The fraction of sp³-hybridized carbons (Fsp3) is 0.556. The molecular weight excluding hydrogens is 312 g/mol. The molecule has 23 heavy (non-hydrogen) atoms. The zero-order valence-electron chi connectivity index (χ0n) is 13.5. The van der Waals surface area contributed by atoms with Gasteiger partial charge in [-0.2, -0.15) is 0 Å². The third-order valence-corrected chi connectivity index (χ3v) is 5.25. The van der Waals surface area contributed by atoms with Crippen LogP contribution in [-0.2, 0) is 9.59 Å². The van der Waals surface area contributed by atoms with E-state index in [0.29, 0.717) is 24.0 Å². The van der Waals surface area contributed by atoms with Gasteiger partial charge in [0.1, 0.15) is 0 Å². The Morgan fingerprint density at radius 1 is 1.26 bits per heavy atom. The van der Waals surface area contributed by atoms with Gasteiger partial charge in [-0.15, -0.1) is 0 Å². The maximum atomic E-state index is 12.9. The van der Waals surface area contributed by atoms with Crippen molar-refractivity contribution in [1.82, 2.24) is 4.90 Å². The smallest absolute Gasteiger partial charge is 0.228 e. The lowest BCUT2D eigenvalue weighted by Gasteiger charge is -2.36. The van der Waals surface area contributed by atoms with E-state index in [9.17, 15) is 9.59 Å². The van der Waals surface area contributed by atoms with Crippen molar-refractivity contribution in [3.05, 3.63) is 29.3 Å². The summed E-state index contributed by atoms with van der Waals surface area (Å²) in [6, 6.07) is 7.57. The molecule has 0 aromatic heterocycles. The van der Waals surface area contributed by atoms with E-state index in [0.717, 1.165) is 31.5 Å². The van der Waals surface area contributed by atoms with Crippen molar-refractivity contribution in [3.8, 4) is 0 Å². The molecule has 2 aliphatic heterocycles. The second-order valence-corrected chi connectivity index (χ2v) is 6.91. The third kappa shape index (κ3) is 3.37. The van der Waals surface area contributed by atoms with E-state index < -0.39 is 0 Å². The highest BCUT2D eigenvalue weighted by Crippen LogP contribution is 2.29. The molecule has 2 saturated heterocycles. The lowest BCUT2D eigenvalue weighted by Crippen LogP contribution is -2.46. The van der Waals surface area contributed by atoms with E-state index in [1.165, 1.54) is 6.42 Å². The number of amides is 2. The van der Waals surface area contributed by atoms with Gasteiger partial charge >= 0.3 is 0 Å². The van der Waals surface area contributed by atoms with Crippen molar-refractivity contribution in [1.29, 1.82) is 0 Å². The minimum absolute atomic E-state index is 0.0238. The second kappa shape index (κ2) is 6.91. The maximum absolute atomic E-state index is 12.9. The normalized spacial score (nSPS) is 25.0. The van der Waals surface area contributed by atoms with E-state index in [1.54, 1.807) is 17.0 Å². The Hall–Kier alpha value is -1.55. The molecule has 5 heteroatoms. The van der Waals surface area contributed by atoms with Crippen LogP contribution in [0.2, 0.25) is 5.02 Å². The van der Waals surface area contributed by atoms with E-state index in [1.807, 2.05) is 17.0 Å². The van der Waals surface area contributed by atoms with Crippen molar-refractivity contribution in [2.45, 2.75) is 45.1 Å². The Kier molecular flexibility index (Phi) is 4.90. The van der Waals surface area contributed by atoms with Crippen LogP contribution < -0.4 is 4.90 Å². The summed E-state index contributed by atoms with van der Waals surface area (Å²) in [4.78, 5) is 28.9. The van der Waals surface area contributed by atoms with Gasteiger partial charge in [0.25, 0.3) is 0 Å². The number of benzene rings is 1. The highest BCUT2D eigenvalue weighted by Gasteiger charge is 2.39. The van der Waals surface area contributed by atoms with Crippen LogP contribution in [0.15, 0.2) is 24.3 Å². The molecule has 0 unspecified atom stereocenters. The standard InChI is InChI=1S/C18H23ClN2O2/c1-2-15-5-3-4-10-20(15)18(23)13-11-17(22)21(12-13)16-8-6-14(19)7-9-16/h6-9,13,15H,2-5,10-12H2,1H3/t13-,15+/m1/s1. The molecule has 1 aromatic rings. The van der Waals surface area contributed by atoms with E-state index >= 15 is 0 Å². The first-order valence-electron chi connectivity index (χ1n) is 8.46. The van der Waals surface area contributed by atoms with Crippen molar-refractivity contribution >= 4 is 29.1 Å². The monoisotopic (exact) mass is 334 g/mol. The number of piperidine rings is 1. The van der Waals surface area contributed by atoms with Crippen molar-refractivity contribution in [2.75, 3.05) is 18.0 Å². The summed E-state index contributed by atoms with van der Waals surface area (Å²) in [6.07, 6.45) is 4.66. The van der Waals surface area contributed by atoms with Gasteiger partial charge in [0.2, 0.25) is 11.8 Å². The van der Waals surface area contributed by atoms with Crippen LogP contribution in [0.4, 0.5) is 5.69 Å². The quantitative estimate of drug-likeness (QED) is 0.849. The summed E-state index contributed by atoms with van der Waals surface area (Å²) >= 11 is 5.90. The number of rotatable bonds is 3. The minimum Gasteiger partial charge on any atom is -0.339 e. The largest absolute Gasteiger partial charge is 0.339 e. The first-order valence-corrected chi connectivity index (χ1v) is 8.84. The molecule has 0 aliphatic carbocycles. The number of carbonyl (C=O) groups is 2. The van der Waals surface area contributed by atoms with Crippen LogP contribution in [0.3, 0.4) is 0 Å². The minimum atomic E-state index is -0.217. The van der Waals surface area contributed by atoms with Crippen LogP contribution in [0.25, 0.3) is 0 Å². The van der Waals surface area contributed by atoms with Crippen molar-refractivity contribution in [3.63, 3.8) is 0 Å². The van der Waals surface area contributed by atoms with Crippen LogP contribution in [0.5, 0.6) is 0 Å². The Labute approximate surface area is 142 Å². The first kappa shape index (κ1) is 16.3. The predicted octanol–water partition coefficient (Wildman–Crippen LogP) is 3.48. The first-order chi connectivity index (χ1) is 11.1. The molecular formula is C18H23ClN2O2. The van der Waals surface area contributed by atoms with Gasteiger partial charge in [-0.1, -0.05) is 18.5 Å². The topological polar surface area (TPSA) is 40.6 Å². The van der Waals surface area contributed by atoms with Gasteiger partial charge < -0.3 is 9.80 Å². The zero-order valence-corrected chi connectivity index (χ0v) is 14.3. The molecule has 2 heterocycles. The zero-order chi connectivity index (χ0) is 16.4. The number of hydrogen-bond donors (Lipinski definition) is 0. The van der Waals surface area contributed by atoms with Crippen molar-refractivity contribution in [2.24, 2.45) is 5.92 Å². The lowest BCUT2D eigenvalue weighted by molar-refractivity contribution is -0.139. The van der Waals surface area contributed by atoms with Crippen LogP contribution in [-0.4, -0.2) is 35.8 Å². The molecule has 1 aromatic carbocycles. The van der Waals surface area contributed by atoms with Gasteiger partial charge in [-0.25, -0.2) is 0 Å². The molecule has 3 rings (SSSR count). The summed E-state index contributed by atoms with van der Waals surface area (Å²) in [7, 11) is 0. The van der Waals surface area contributed by atoms with E-state index in [2.05, 4.69) is 6.92 Å². The predicted molar refractivity (Wildman–Crippen MR) is 91.6 cm³/mol. The summed E-state index contributed by atoms with van der Waals surface area (Å²) in [6.45, 7) is 3.45. The van der Waals surface area contributed by atoms with Crippen LogP contribution in [0.1, 0.15) is 39.0 Å². The fourth-order valence-corrected chi connectivity index (χ4v) is 3.82. The van der Waals surface area contributed by atoms with Gasteiger partial charge in [0.15, 0.2) is 0 Å². The van der Waals surface area contributed by atoms with Gasteiger partial charge in [-0.05, 0) is 49.9 Å². The molecule has 2 amide bonds. The summed E-state index contributed by atoms with van der Waals surface area (Å²) in [5.74, 6) is -0.0394. The third-order valence-electron chi connectivity index (χ3n) is 4.99. The molecule has 0 N–H and O–H groups in total. The SMILES string of the molecule is CC[C@H]1CCCCN1C(=O)[C@@H]1CC(=O)N(c2ccc(Cl)cc2)C1. The van der Waals surface area contributed by atoms with Gasteiger partial charge in [-0.3, -0.25) is 9.59 Å². The number of halogens is 1.